The van der Waals surface area contributed by atoms with Crippen LogP contribution in [0.3, 0.4) is 0 Å². The molecule has 2 unspecified atom stereocenters. The first kappa shape index (κ1) is 13.0. The average Bonchev–Trinajstić information content (AvgIpc) is 2.69. The number of nitrogens with zero attached hydrogens (tertiary/aromatic N) is 1. The zero-order valence-electron chi connectivity index (χ0n) is 10.4. The molecule has 0 aromatic carbocycles. The summed E-state index contributed by atoms with van der Waals surface area (Å²) in [4.78, 5) is 15.7. The van der Waals surface area contributed by atoms with E-state index in [-0.39, 0.29) is 25.0 Å². The molecule has 1 fully saturated rings. The van der Waals surface area contributed by atoms with Crippen LogP contribution in [0, 0.1) is 0 Å². The summed E-state index contributed by atoms with van der Waals surface area (Å²) in [6.07, 6.45) is 3.92. The zero-order chi connectivity index (χ0) is 13.0. The van der Waals surface area contributed by atoms with Crippen LogP contribution >= 0.6 is 0 Å². The fraction of sp³-hybridized carbons (Fsp3) is 0.538. The highest BCUT2D eigenvalue weighted by atomic mass is 16.5. The molecule has 0 aliphatic carbocycles. The highest BCUT2D eigenvalue weighted by molar-refractivity contribution is 5.78. The summed E-state index contributed by atoms with van der Waals surface area (Å²) in [6, 6.07) is 3.64. The summed E-state index contributed by atoms with van der Waals surface area (Å²) in [5, 5.41) is 13.0. The Morgan fingerprint density at radius 1 is 1.72 bits per heavy atom. The molecular formula is C13H18N2O3. The molecule has 1 saturated heterocycles. The second kappa shape index (κ2) is 5.46. The van der Waals surface area contributed by atoms with Gasteiger partial charge in [-0.3, -0.25) is 9.78 Å². The molecule has 0 bridgehead atoms. The van der Waals surface area contributed by atoms with Crippen molar-refractivity contribution in [3.05, 3.63) is 30.1 Å². The van der Waals surface area contributed by atoms with Crippen molar-refractivity contribution >= 4 is 5.91 Å². The van der Waals surface area contributed by atoms with Crippen molar-refractivity contribution in [2.75, 3.05) is 13.2 Å². The van der Waals surface area contributed by atoms with E-state index >= 15 is 0 Å². The Balaban J connectivity index is 1.82. The monoisotopic (exact) mass is 250 g/mol. The summed E-state index contributed by atoms with van der Waals surface area (Å²) >= 11 is 0. The molecule has 5 nitrogen and oxygen atoms in total. The molecule has 2 rings (SSSR count). The van der Waals surface area contributed by atoms with Gasteiger partial charge in [0.25, 0.3) is 0 Å². The van der Waals surface area contributed by atoms with Crippen molar-refractivity contribution in [1.29, 1.82) is 0 Å². The Bertz CT molecular complexity index is 410. The van der Waals surface area contributed by atoms with Gasteiger partial charge in [-0.25, -0.2) is 0 Å². The van der Waals surface area contributed by atoms with Gasteiger partial charge in [0, 0.05) is 32.0 Å². The van der Waals surface area contributed by atoms with Crippen molar-refractivity contribution < 1.29 is 14.6 Å². The fourth-order valence-electron chi connectivity index (χ4n) is 2.01. The van der Waals surface area contributed by atoms with E-state index in [0.29, 0.717) is 13.0 Å². The van der Waals surface area contributed by atoms with Crippen molar-refractivity contribution in [2.45, 2.75) is 31.5 Å². The number of carbonyl (C=O) groups excluding carboxylic acids is 1. The predicted octanol–water partition coefficient (Wildman–Crippen LogP) is 0.280. The third-order valence-electron chi connectivity index (χ3n) is 3.34. The largest absolute Gasteiger partial charge is 0.385 e. The van der Waals surface area contributed by atoms with Gasteiger partial charge in [-0.1, -0.05) is 6.07 Å². The quantitative estimate of drug-likeness (QED) is 0.805. The van der Waals surface area contributed by atoms with Crippen LogP contribution in [0.15, 0.2) is 24.5 Å². The summed E-state index contributed by atoms with van der Waals surface area (Å²) in [5.74, 6) is -0.115. The summed E-state index contributed by atoms with van der Waals surface area (Å²) in [7, 11) is 0. The van der Waals surface area contributed by atoms with Crippen molar-refractivity contribution in [2.24, 2.45) is 0 Å². The molecule has 2 N–H and O–H groups in total. The maximum absolute atomic E-state index is 11.7. The molecule has 5 heteroatoms. The van der Waals surface area contributed by atoms with E-state index in [2.05, 4.69) is 10.3 Å². The number of amides is 1. The van der Waals surface area contributed by atoms with Crippen molar-refractivity contribution in [3.63, 3.8) is 0 Å². The van der Waals surface area contributed by atoms with Gasteiger partial charge in [-0.05, 0) is 18.6 Å². The van der Waals surface area contributed by atoms with E-state index in [4.69, 9.17) is 4.74 Å². The molecule has 0 spiro atoms. The molecule has 2 atom stereocenters. The minimum atomic E-state index is -0.940. The first-order valence-electron chi connectivity index (χ1n) is 6.10. The molecule has 1 aromatic heterocycles. The molecule has 1 aliphatic rings. The van der Waals surface area contributed by atoms with Gasteiger partial charge in [0.1, 0.15) is 5.60 Å². The van der Waals surface area contributed by atoms with Gasteiger partial charge >= 0.3 is 0 Å². The Morgan fingerprint density at radius 2 is 2.56 bits per heavy atom. The predicted molar refractivity (Wildman–Crippen MR) is 65.9 cm³/mol. The number of hydrogen-bond acceptors (Lipinski definition) is 4. The minimum Gasteiger partial charge on any atom is -0.385 e. The third kappa shape index (κ3) is 3.05. The number of aliphatic hydroxyl groups is 1. The van der Waals surface area contributed by atoms with E-state index in [9.17, 15) is 9.90 Å². The third-order valence-corrected chi connectivity index (χ3v) is 3.34. The van der Waals surface area contributed by atoms with Crippen molar-refractivity contribution in [1.82, 2.24) is 10.3 Å². The van der Waals surface area contributed by atoms with E-state index in [1.807, 2.05) is 13.0 Å². The molecule has 1 aliphatic heterocycles. The number of aromatic nitrogens is 1. The molecule has 1 aromatic rings. The second-order valence-corrected chi connectivity index (χ2v) is 4.68. The topological polar surface area (TPSA) is 71.5 Å². The van der Waals surface area contributed by atoms with Gasteiger partial charge in [0.05, 0.1) is 12.5 Å². The Kier molecular flexibility index (Phi) is 3.93. The van der Waals surface area contributed by atoms with Gasteiger partial charge < -0.3 is 15.2 Å². The van der Waals surface area contributed by atoms with Crippen LogP contribution < -0.4 is 5.32 Å². The lowest BCUT2D eigenvalue weighted by molar-refractivity contribution is -0.122. The summed E-state index contributed by atoms with van der Waals surface area (Å²) in [6.45, 7) is 2.59. The molecule has 0 saturated carbocycles. The zero-order valence-corrected chi connectivity index (χ0v) is 10.4. The lowest BCUT2D eigenvalue weighted by Gasteiger charge is -2.26. The van der Waals surface area contributed by atoms with Crippen LogP contribution in [0.2, 0.25) is 0 Å². The van der Waals surface area contributed by atoms with E-state index in [1.165, 1.54) is 0 Å². The lowest BCUT2D eigenvalue weighted by atomic mass is 9.96. The van der Waals surface area contributed by atoms with Gasteiger partial charge in [-0.2, -0.15) is 0 Å². The number of nitrogens with one attached hydrogen (secondary N) is 1. The van der Waals surface area contributed by atoms with Crippen LogP contribution in [-0.2, 0) is 16.0 Å². The molecule has 98 valence electrons. The van der Waals surface area contributed by atoms with E-state index in [0.717, 1.165) is 5.56 Å². The minimum absolute atomic E-state index is 0.115. The normalized spacial score (nSPS) is 27.1. The maximum Gasteiger partial charge on any atom is 0.224 e. The van der Waals surface area contributed by atoms with Gasteiger partial charge in [-0.15, -0.1) is 0 Å². The van der Waals surface area contributed by atoms with E-state index in [1.54, 1.807) is 18.5 Å². The lowest BCUT2D eigenvalue weighted by Crippen LogP contribution is -2.47. The van der Waals surface area contributed by atoms with E-state index < -0.39 is 5.60 Å². The molecule has 1 amide bonds. The van der Waals surface area contributed by atoms with Gasteiger partial charge in [0.15, 0.2) is 0 Å². The van der Waals surface area contributed by atoms with Crippen molar-refractivity contribution in [3.8, 4) is 0 Å². The molecule has 18 heavy (non-hydrogen) atoms. The number of carbonyl (C=O) groups is 1. The Morgan fingerprint density at radius 3 is 3.17 bits per heavy atom. The summed E-state index contributed by atoms with van der Waals surface area (Å²) < 4.78 is 5.31. The Labute approximate surface area is 106 Å². The first-order valence-corrected chi connectivity index (χ1v) is 6.10. The smallest absolute Gasteiger partial charge is 0.224 e. The van der Waals surface area contributed by atoms with Crippen LogP contribution in [0.25, 0.3) is 0 Å². The number of pyridine rings is 1. The number of rotatable bonds is 4. The van der Waals surface area contributed by atoms with Crippen LogP contribution in [0.1, 0.15) is 18.9 Å². The van der Waals surface area contributed by atoms with Gasteiger partial charge in [0.2, 0.25) is 5.91 Å². The average molecular weight is 250 g/mol. The summed E-state index contributed by atoms with van der Waals surface area (Å²) in [5.41, 5.74) is -0.0809. The second-order valence-electron chi connectivity index (χ2n) is 4.68. The number of ether oxygens (including phenoxy) is 1. The molecule has 0 radical (unpaired) electrons. The SMILES string of the molecule is CC1OCCC1(O)CNC(=O)Cc1cccnc1. The first-order chi connectivity index (χ1) is 8.60. The molecular weight excluding hydrogens is 232 g/mol. The van der Waals surface area contributed by atoms with Crippen LogP contribution in [0.4, 0.5) is 0 Å². The maximum atomic E-state index is 11.7. The Hall–Kier alpha value is -1.46. The van der Waals surface area contributed by atoms with Crippen LogP contribution in [-0.4, -0.2) is 40.9 Å². The highest BCUT2D eigenvalue weighted by Crippen LogP contribution is 2.24. The standard InChI is InChI=1S/C13H18N2O3/c1-10-13(17,4-6-18-10)9-15-12(16)7-11-3-2-5-14-8-11/h2-3,5,8,10,17H,4,6-7,9H2,1H3,(H,15,16). The number of hydrogen-bond donors (Lipinski definition) is 2. The van der Waals surface area contributed by atoms with Crippen LogP contribution in [0.5, 0.6) is 0 Å². The molecule has 2 heterocycles. The highest BCUT2D eigenvalue weighted by Gasteiger charge is 2.39. The fourth-order valence-corrected chi connectivity index (χ4v) is 2.01.